The molecule has 0 radical (unpaired) electrons. The summed E-state index contributed by atoms with van der Waals surface area (Å²) in [5.74, 6) is 0.440. The number of nitro groups is 1. The zero-order chi connectivity index (χ0) is 22.9. The van der Waals surface area contributed by atoms with Crippen LogP contribution in [-0.4, -0.2) is 14.5 Å². The van der Waals surface area contributed by atoms with E-state index in [0.29, 0.717) is 22.4 Å². The summed E-state index contributed by atoms with van der Waals surface area (Å²) in [6.07, 6.45) is 3.74. The van der Waals surface area contributed by atoms with Gasteiger partial charge in [-0.2, -0.15) is 0 Å². The molecule has 0 saturated heterocycles. The average Bonchev–Trinajstić information content (AvgIpc) is 2.83. The van der Waals surface area contributed by atoms with Gasteiger partial charge in [0.15, 0.2) is 0 Å². The smallest absolute Gasteiger partial charge is 0.268 e. The van der Waals surface area contributed by atoms with Crippen molar-refractivity contribution in [3.8, 4) is 5.69 Å². The predicted octanol–water partition coefficient (Wildman–Crippen LogP) is 6.22. The highest BCUT2D eigenvalue weighted by Gasteiger charge is 2.13. The van der Waals surface area contributed by atoms with Crippen LogP contribution in [0.1, 0.15) is 11.4 Å². The van der Waals surface area contributed by atoms with Gasteiger partial charge >= 0.3 is 0 Å². The van der Waals surface area contributed by atoms with Crippen LogP contribution < -0.4 is 5.56 Å². The molecule has 0 unspecified atom stereocenters. The van der Waals surface area contributed by atoms with E-state index in [0.717, 1.165) is 19.9 Å². The predicted molar refractivity (Wildman–Crippen MR) is 140 cm³/mol. The lowest BCUT2D eigenvalue weighted by molar-refractivity contribution is -0.384. The second-order valence-corrected chi connectivity index (χ2v) is 8.69. The zero-order valence-corrected chi connectivity index (χ0v) is 19.3. The second kappa shape index (κ2) is 8.59. The Labute approximate surface area is 202 Å². The topological polar surface area (TPSA) is 78.0 Å². The standard InChI is InChI=1S/C26H16IN3O3/c27-19-9-14-24-23(16-19)26(31)29(20-10-12-21(13-11-20)30(32)33)25(28-24)15-8-18-6-3-5-17-4-1-2-7-22(17)18/h1-16H. The van der Waals surface area contributed by atoms with Gasteiger partial charge in [-0.05, 0) is 75.3 Å². The highest BCUT2D eigenvalue weighted by Crippen LogP contribution is 2.22. The zero-order valence-electron chi connectivity index (χ0n) is 17.2. The third kappa shape index (κ3) is 4.03. The van der Waals surface area contributed by atoms with Crippen LogP contribution in [0.25, 0.3) is 39.5 Å². The van der Waals surface area contributed by atoms with Gasteiger partial charge in [-0.25, -0.2) is 4.98 Å². The third-order valence-corrected chi connectivity index (χ3v) is 6.08. The molecule has 0 N–H and O–H groups in total. The molecule has 33 heavy (non-hydrogen) atoms. The summed E-state index contributed by atoms with van der Waals surface area (Å²) in [5, 5.41) is 13.8. The average molecular weight is 545 g/mol. The van der Waals surface area contributed by atoms with Crippen LogP contribution >= 0.6 is 22.6 Å². The van der Waals surface area contributed by atoms with Crippen LogP contribution in [0.15, 0.2) is 89.7 Å². The molecule has 1 aromatic heterocycles. The number of nitrogens with zero attached hydrogens (tertiary/aromatic N) is 3. The van der Waals surface area contributed by atoms with Gasteiger partial charge in [0, 0.05) is 15.7 Å². The van der Waals surface area contributed by atoms with Crippen molar-refractivity contribution in [2.45, 2.75) is 0 Å². The van der Waals surface area contributed by atoms with Gasteiger partial charge in [-0.15, -0.1) is 0 Å². The van der Waals surface area contributed by atoms with E-state index in [-0.39, 0.29) is 11.2 Å². The van der Waals surface area contributed by atoms with E-state index in [2.05, 4.69) is 34.7 Å². The van der Waals surface area contributed by atoms with Crippen molar-refractivity contribution in [1.82, 2.24) is 9.55 Å². The fourth-order valence-corrected chi connectivity index (χ4v) is 4.31. The van der Waals surface area contributed by atoms with E-state index in [1.807, 2.05) is 54.6 Å². The van der Waals surface area contributed by atoms with Gasteiger partial charge in [-0.1, -0.05) is 48.5 Å². The number of non-ortho nitro benzene ring substituents is 1. The van der Waals surface area contributed by atoms with Crippen molar-refractivity contribution >= 4 is 62.1 Å². The largest absolute Gasteiger partial charge is 0.269 e. The summed E-state index contributed by atoms with van der Waals surface area (Å²) < 4.78 is 2.41. The van der Waals surface area contributed by atoms with Gasteiger partial charge < -0.3 is 0 Å². The lowest BCUT2D eigenvalue weighted by Crippen LogP contribution is -2.22. The van der Waals surface area contributed by atoms with E-state index < -0.39 is 4.92 Å². The summed E-state index contributed by atoms with van der Waals surface area (Å²) >= 11 is 2.16. The summed E-state index contributed by atoms with van der Waals surface area (Å²) in [6.45, 7) is 0. The lowest BCUT2D eigenvalue weighted by atomic mass is 10.0. The van der Waals surface area contributed by atoms with Crippen LogP contribution in [0, 0.1) is 13.7 Å². The van der Waals surface area contributed by atoms with Gasteiger partial charge in [0.1, 0.15) is 5.82 Å². The minimum Gasteiger partial charge on any atom is -0.268 e. The second-order valence-electron chi connectivity index (χ2n) is 7.45. The number of hydrogen-bond acceptors (Lipinski definition) is 4. The van der Waals surface area contributed by atoms with E-state index in [4.69, 9.17) is 4.98 Å². The van der Waals surface area contributed by atoms with Gasteiger partial charge in [-0.3, -0.25) is 19.5 Å². The molecule has 0 fully saturated rings. The maximum Gasteiger partial charge on any atom is 0.269 e. The maximum atomic E-state index is 13.5. The summed E-state index contributed by atoms with van der Waals surface area (Å²) in [4.78, 5) is 28.9. The molecule has 0 aliphatic rings. The Morgan fingerprint density at radius 1 is 0.879 bits per heavy atom. The Hall–Kier alpha value is -3.85. The number of rotatable bonds is 4. The molecule has 0 aliphatic carbocycles. The molecule has 0 aliphatic heterocycles. The Morgan fingerprint density at radius 2 is 1.64 bits per heavy atom. The molecule has 6 nitrogen and oxygen atoms in total. The minimum absolute atomic E-state index is 0.0389. The number of hydrogen-bond donors (Lipinski definition) is 0. The molecule has 5 aromatic rings. The van der Waals surface area contributed by atoms with Gasteiger partial charge in [0.25, 0.3) is 11.2 Å². The van der Waals surface area contributed by atoms with Crippen LogP contribution in [0.2, 0.25) is 0 Å². The molecule has 0 bridgehead atoms. The van der Waals surface area contributed by atoms with Gasteiger partial charge in [0.2, 0.25) is 0 Å². The number of benzene rings is 4. The van der Waals surface area contributed by atoms with Crippen LogP contribution in [-0.2, 0) is 0 Å². The number of fused-ring (bicyclic) bond motifs is 2. The van der Waals surface area contributed by atoms with Crippen molar-refractivity contribution in [2.75, 3.05) is 0 Å². The fourth-order valence-electron chi connectivity index (χ4n) is 3.82. The molecular formula is C26H16IN3O3. The molecule has 4 aromatic carbocycles. The number of nitro benzene ring substituents is 1. The van der Waals surface area contributed by atoms with E-state index in [1.165, 1.54) is 16.7 Å². The van der Waals surface area contributed by atoms with Crippen molar-refractivity contribution in [1.29, 1.82) is 0 Å². The number of halogens is 1. The monoisotopic (exact) mass is 545 g/mol. The molecule has 1 heterocycles. The van der Waals surface area contributed by atoms with Crippen LogP contribution in [0.5, 0.6) is 0 Å². The first-order valence-electron chi connectivity index (χ1n) is 10.1. The lowest BCUT2D eigenvalue weighted by Gasteiger charge is -2.12. The summed E-state index contributed by atoms with van der Waals surface area (Å²) in [5.41, 5.74) is 1.83. The highest BCUT2D eigenvalue weighted by atomic mass is 127. The fraction of sp³-hybridized carbons (Fsp3) is 0. The van der Waals surface area contributed by atoms with E-state index >= 15 is 0 Å². The minimum atomic E-state index is -0.463. The van der Waals surface area contributed by atoms with Crippen LogP contribution in [0.4, 0.5) is 5.69 Å². The Bertz CT molecular complexity index is 1620. The molecular weight excluding hydrogens is 529 g/mol. The third-order valence-electron chi connectivity index (χ3n) is 5.41. The van der Waals surface area contributed by atoms with E-state index in [9.17, 15) is 14.9 Å². The Morgan fingerprint density at radius 3 is 2.42 bits per heavy atom. The summed E-state index contributed by atoms with van der Waals surface area (Å²) in [6, 6.07) is 25.6. The first-order chi connectivity index (χ1) is 16.0. The first kappa shape index (κ1) is 21.0. The molecule has 160 valence electrons. The molecule has 7 heteroatoms. The highest BCUT2D eigenvalue weighted by molar-refractivity contribution is 14.1. The van der Waals surface area contributed by atoms with Crippen molar-refractivity contribution in [3.05, 3.63) is 120 Å². The van der Waals surface area contributed by atoms with Crippen LogP contribution in [0.3, 0.4) is 0 Å². The maximum absolute atomic E-state index is 13.5. The van der Waals surface area contributed by atoms with Crippen molar-refractivity contribution in [3.63, 3.8) is 0 Å². The molecule has 0 atom stereocenters. The SMILES string of the molecule is O=c1c2cc(I)ccc2nc(C=Cc2cccc3ccccc23)n1-c1ccc([N+](=O)[O-])cc1. The van der Waals surface area contributed by atoms with Crippen molar-refractivity contribution < 1.29 is 4.92 Å². The quantitative estimate of drug-likeness (QED) is 0.153. The molecule has 0 amide bonds. The molecule has 0 spiro atoms. The van der Waals surface area contributed by atoms with E-state index in [1.54, 1.807) is 18.2 Å². The molecule has 5 rings (SSSR count). The first-order valence-corrected chi connectivity index (χ1v) is 11.2. The van der Waals surface area contributed by atoms with Gasteiger partial charge in [0.05, 0.1) is 21.5 Å². The Kier molecular flexibility index (Phi) is 5.47. The van der Waals surface area contributed by atoms with Crippen molar-refractivity contribution in [2.24, 2.45) is 0 Å². The summed E-state index contributed by atoms with van der Waals surface area (Å²) in [7, 11) is 0. The number of aromatic nitrogens is 2. The Balaban J connectivity index is 1.72. The normalized spacial score (nSPS) is 11.4. The molecule has 0 saturated carbocycles.